The zero-order valence-electron chi connectivity index (χ0n) is 15.1. The van der Waals surface area contributed by atoms with E-state index in [4.69, 9.17) is 0 Å². The van der Waals surface area contributed by atoms with Gasteiger partial charge in [-0.25, -0.2) is 4.98 Å². The molecule has 0 radical (unpaired) electrons. The summed E-state index contributed by atoms with van der Waals surface area (Å²) in [6, 6.07) is 14.1. The summed E-state index contributed by atoms with van der Waals surface area (Å²) in [6.45, 7) is 4.18. The average Bonchev–Trinajstić information content (AvgIpc) is 3.02. The van der Waals surface area contributed by atoms with Crippen molar-refractivity contribution in [3.8, 4) is 0 Å². The molecule has 26 heavy (non-hydrogen) atoms. The summed E-state index contributed by atoms with van der Waals surface area (Å²) in [5.74, 6) is 0.877. The Morgan fingerprint density at radius 1 is 1.12 bits per heavy atom. The molecule has 0 atom stereocenters. The SMILES string of the molecule is Cc1nc2ccc(CC(=O)Nc3ccc(N4CCCCC4)cc3)cc2[nH]1. The largest absolute Gasteiger partial charge is 0.372 e. The fraction of sp³-hybridized carbons (Fsp3) is 0.333. The number of carbonyl (C=O) groups is 1. The first-order chi connectivity index (χ1) is 12.7. The molecule has 134 valence electrons. The van der Waals surface area contributed by atoms with Gasteiger partial charge in [-0.05, 0) is 68.1 Å². The summed E-state index contributed by atoms with van der Waals surface area (Å²) in [5, 5.41) is 2.99. The number of fused-ring (bicyclic) bond motifs is 1. The van der Waals surface area contributed by atoms with Crippen molar-refractivity contribution in [3.63, 3.8) is 0 Å². The van der Waals surface area contributed by atoms with Crippen molar-refractivity contribution >= 4 is 28.3 Å². The van der Waals surface area contributed by atoms with Crippen molar-refractivity contribution in [3.05, 3.63) is 53.9 Å². The third-order valence-electron chi connectivity index (χ3n) is 4.90. The Morgan fingerprint density at radius 3 is 2.65 bits per heavy atom. The van der Waals surface area contributed by atoms with Crippen LogP contribution in [0.15, 0.2) is 42.5 Å². The van der Waals surface area contributed by atoms with Crippen LogP contribution in [0.5, 0.6) is 0 Å². The minimum atomic E-state index is -0.00805. The second-order valence-electron chi connectivity index (χ2n) is 6.99. The van der Waals surface area contributed by atoms with Crippen molar-refractivity contribution in [1.82, 2.24) is 9.97 Å². The van der Waals surface area contributed by atoms with E-state index in [1.165, 1.54) is 24.9 Å². The van der Waals surface area contributed by atoms with E-state index in [0.29, 0.717) is 6.42 Å². The van der Waals surface area contributed by atoms with E-state index in [-0.39, 0.29) is 5.91 Å². The van der Waals surface area contributed by atoms with Gasteiger partial charge in [-0.15, -0.1) is 0 Å². The number of imidazole rings is 1. The molecule has 2 heterocycles. The van der Waals surface area contributed by atoms with Crippen LogP contribution < -0.4 is 10.2 Å². The summed E-state index contributed by atoms with van der Waals surface area (Å²) in [6.07, 6.45) is 4.20. The van der Waals surface area contributed by atoms with Gasteiger partial charge in [0.25, 0.3) is 0 Å². The number of aromatic nitrogens is 2. The summed E-state index contributed by atoms with van der Waals surface area (Å²) in [7, 11) is 0. The predicted molar refractivity (Wildman–Crippen MR) is 106 cm³/mol. The molecule has 0 spiro atoms. The highest BCUT2D eigenvalue weighted by Crippen LogP contribution is 2.22. The number of carbonyl (C=O) groups excluding carboxylic acids is 1. The first-order valence-electron chi connectivity index (χ1n) is 9.27. The van der Waals surface area contributed by atoms with Gasteiger partial charge in [-0.1, -0.05) is 6.07 Å². The molecule has 0 bridgehead atoms. The predicted octanol–water partition coefficient (Wildman–Crippen LogP) is 4.04. The quantitative estimate of drug-likeness (QED) is 0.748. The minimum Gasteiger partial charge on any atom is -0.372 e. The summed E-state index contributed by atoms with van der Waals surface area (Å²) in [5.41, 5.74) is 4.96. The van der Waals surface area contributed by atoms with Gasteiger partial charge < -0.3 is 15.2 Å². The number of hydrogen-bond acceptors (Lipinski definition) is 3. The standard InChI is InChI=1S/C21H24N4O/c1-15-22-19-10-5-16(13-20(19)23-15)14-21(26)24-17-6-8-18(9-7-17)25-11-3-2-4-12-25/h5-10,13H,2-4,11-12,14H2,1H3,(H,22,23)(H,24,26). The number of nitrogens with zero attached hydrogens (tertiary/aromatic N) is 2. The third-order valence-corrected chi connectivity index (χ3v) is 4.90. The number of piperidine rings is 1. The number of amides is 1. The van der Waals surface area contributed by atoms with E-state index in [1.807, 2.05) is 37.3 Å². The smallest absolute Gasteiger partial charge is 0.228 e. The Hall–Kier alpha value is -2.82. The van der Waals surface area contributed by atoms with Crippen LogP contribution in [-0.2, 0) is 11.2 Å². The first kappa shape index (κ1) is 16.6. The number of anilines is 2. The number of benzene rings is 2. The van der Waals surface area contributed by atoms with Gasteiger partial charge in [0.15, 0.2) is 0 Å². The van der Waals surface area contributed by atoms with Crippen molar-refractivity contribution in [2.45, 2.75) is 32.6 Å². The van der Waals surface area contributed by atoms with Gasteiger partial charge >= 0.3 is 0 Å². The lowest BCUT2D eigenvalue weighted by molar-refractivity contribution is -0.115. The molecule has 1 fully saturated rings. The maximum Gasteiger partial charge on any atom is 0.228 e. The lowest BCUT2D eigenvalue weighted by Crippen LogP contribution is -2.29. The van der Waals surface area contributed by atoms with Crippen LogP contribution in [0, 0.1) is 6.92 Å². The van der Waals surface area contributed by atoms with Crippen LogP contribution in [0.25, 0.3) is 11.0 Å². The summed E-state index contributed by atoms with van der Waals surface area (Å²) >= 11 is 0. The molecule has 1 aromatic heterocycles. The van der Waals surface area contributed by atoms with Gasteiger partial charge in [-0.3, -0.25) is 4.79 Å². The Kier molecular flexibility index (Phi) is 4.61. The minimum absolute atomic E-state index is 0.00805. The molecule has 1 amide bonds. The Labute approximate surface area is 153 Å². The molecule has 1 aliphatic rings. The van der Waals surface area contributed by atoms with Crippen molar-refractivity contribution < 1.29 is 4.79 Å². The highest BCUT2D eigenvalue weighted by molar-refractivity contribution is 5.93. The Balaban J connectivity index is 1.38. The Morgan fingerprint density at radius 2 is 1.88 bits per heavy atom. The maximum absolute atomic E-state index is 12.4. The fourth-order valence-electron chi connectivity index (χ4n) is 3.59. The zero-order valence-corrected chi connectivity index (χ0v) is 15.1. The second-order valence-corrected chi connectivity index (χ2v) is 6.99. The van der Waals surface area contributed by atoms with E-state index < -0.39 is 0 Å². The van der Waals surface area contributed by atoms with Gasteiger partial charge in [0, 0.05) is 24.5 Å². The van der Waals surface area contributed by atoms with E-state index in [0.717, 1.165) is 41.2 Å². The number of rotatable bonds is 4. The lowest BCUT2D eigenvalue weighted by atomic mass is 10.1. The zero-order chi connectivity index (χ0) is 17.9. The van der Waals surface area contributed by atoms with E-state index in [9.17, 15) is 4.79 Å². The van der Waals surface area contributed by atoms with Crippen molar-refractivity contribution in [1.29, 1.82) is 0 Å². The third kappa shape index (κ3) is 3.72. The average molecular weight is 348 g/mol. The molecule has 0 unspecified atom stereocenters. The first-order valence-corrected chi connectivity index (χ1v) is 9.27. The number of aromatic amines is 1. The molecular weight excluding hydrogens is 324 g/mol. The Bertz CT molecular complexity index is 907. The van der Waals surface area contributed by atoms with Crippen LogP contribution in [0.2, 0.25) is 0 Å². The molecule has 5 nitrogen and oxygen atoms in total. The maximum atomic E-state index is 12.4. The van der Waals surface area contributed by atoms with Crippen LogP contribution in [0.3, 0.4) is 0 Å². The molecule has 5 heteroatoms. The molecule has 3 aromatic rings. The molecule has 0 saturated carbocycles. The summed E-state index contributed by atoms with van der Waals surface area (Å²) in [4.78, 5) is 22.4. The molecule has 2 aromatic carbocycles. The molecule has 2 N–H and O–H groups in total. The van der Waals surface area contributed by atoms with Crippen LogP contribution >= 0.6 is 0 Å². The number of H-pyrrole nitrogens is 1. The van der Waals surface area contributed by atoms with E-state index >= 15 is 0 Å². The number of hydrogen-bond donors (Lipinski definition) is 2. The molecule has 1 aliphatic heterocycles. The van der Waals surface area contributed by atoms with Gasteiger partial charge in [0.1, 0.15) is 5.82 Å². The molecule has 4 rings (SSSR count). The van der Waals surface area contributed by atoms with E-state index in [2.05, 4.69) is 32.3 Å². The van der Waals surface area contributed by atoms with Crippen molar-refractivity contribution in [2.24, 2.45) is 0 Å². The van der Waals surface area contributed by atoms with Crippen LogP contribution in [-0.4, -0.2) is 29.0 Å². The number of nitrogens with one attached hydrogen (secondary N) is 2. The highest BCUT2D eigenvalue weighted by atomic mass is 16.1. The van der Waals surface area contributed by atoms with Crippen LogP contribution in [0.4, 0.5) is 11.4 Å². The summed E-state index contributed by atoms with van der Waals surface area (Å²) < 4.78 is 0. The second kappa shape index (κ2) is 7.20. The lowest BCUT2D eigenvalue weighted by Gasteiger charge is -2.28. The van der Waals surface area contributed by atoms with Gasteiger partial charge in [0.2, 0.25) is 5.91 Å². The van der Waals surface area contributed by atoms with Crippen LogP contribution in [0.1, 0.15) is 30.7 Å². The van der Waals surface area contributed by atoms with Gasteiger partial charge in [-0.2, -0.15) is 0 Å². The van der Waals surface area contributed by atoms with Gasteiger partial charge in [0.05, 0.1) is 17.5 Å². The molecule has 0 aliphatic carbocycles. The molecule has 1 saturated heterocycles. The molecular formula is C21H24N4O. The fourth-order valence-corrected chi connectivity index (χ4v) is 3.59. The monoisotopic (exact) mass is 348 g/mol. The van der Waals surface area contributed by atoms with E-state index in [1.54, 1.807) is 0 Å². The van der Waals surface area contributed by atoms with Crippen molar-refractivity contribution in [2.75, 3.05) is 23.3 Å². The topological polar surface area (TPSA) is 61.0 Å². The normalized spacial score (nSPS) is 14.6. The highest BCUT2D eigenvalue weighted by Gasteiger charge is 2.11. The number of aryl methyl sites for hydroxylation is 1.